The summed E-state index contributed by atoms with van der Waals surface area (Å²) in [7, 11) is 0. The molecular formula is C16H20O10. The topological polar surface area (TPSA) is 166 Å². The Morgan fingerprint density at radius 3 is 2.42 bits per heavy atom. The Morgan fingerprint density at radius 1 is 1.08 bits per heavy atom. The second-order valence-electron chi connectivity index (χ2n) is 6.31. The number of Topliss-reactive ketones (excluding diaryl/α,β-unsaturated/α-hetero) is 1. The zero-order valence-corrected chi connectivity index (χ0v) is 13.7. The number of hydrogen-bond donors (Lipinski definition) is 6. The maximum absolute atomic E-state index is 12.5. The van der Waals surface area contributed by atoms with E-state index in [0.29, 0.717) is 0 Å². The number of carbonyl (C=O) groups excluding carboxylic acids is 1. The molecule has 10 nitrogen and oxygen atoms in total. The molecule has 0 amide bonds. The third kappa shape index (κ3) is 3.11. The second kappa shape index (κ2) is 6.99. The highest BCUT2D eigenvalue weighted by Gasteiger charge is 2.47. The lowest BCUT2D eigenvalue weighted by Crippen LogP contribution is -2.60. The van der Waals surface area contributed by atoms with Gasteiger partial charge in [0.05, 0.1) is 12.5 Å². The van der Waals surface area contributed by atoms with Crippen LogP contribution in [0.15, 0.2) is 12.1 Å². The Kier molecular flexibility index (Phi) is 5.06. The van der Waals surface area contributed by atoms with E-state index in [9.17, 15) is 35.4 Å². The summed E-state index contributed by atoms with van der Waals surface area (Å²) in [5.41, 5.74) is -0.107. The number of rotatable bonds is 3. The van der Waals surface area contributed by atoms with Crippen molar-refractivity contribution in [1.82, 2.24) is 0 Å². The summed E-state index contributed by atoms with van der Waals surface area (Å²) in [6, 6.07) is 2.13. The lowest BCUT2D eigenvalue weighted by atomic mass is 9.94. The van der Waals surface area contributed by atoms with Gasteiger partial charge in [-0.25, -0.2) is 0 Å². The molecule has 26 heavy (non-hydrogen) atoms. The molecule has 6 N–H and O–H groups in total. The molecule has 2 aliphatic heterocycles. The van der Waals surface area contributed by atoms with Gasteiger partial charge in [-0.3, -0.25) is 4.79 Å². The van der Waals surface area contributed by atoms with Crippen molar-refractivity contribution < 1.29 is 49.6 Å². The molecule has 2 heterocycles. The Morgan fingerprint density at radius 2 is 1.77 bits per heavy atom. The molecule has 1 fully saturated rings. The lowest BCUT2D eigenvalue weighted by molar-refractivity contribution is -0.331. The number of aliphatic hydroxyl groups is 4. The quantitative estimate of drug-likeness (QED) is 0.366. The first-order valence-corrected chi connectivity index (χ1v) is 7.97. The summed E-state index contributed by atoms with van der Waals surface area (Å²) in [5.74, 6) is -2.30. The normalized spacial score (nSPS) is 37.1. The summed E-state index contributed by atoms with van der Waals surface area (Å²) >= 11 is 0. The number of ketones is 1. The fourth-order valence-corrected chi connectivity index (χ4v) is 2.96. The molecule has 0 aliphatic carbocycles. The van der Waals surface area contributed by atoms with Gasteiger partial charge in [0.15, 0.2) is 12.1 Å². The van der Waals surface area contributed by atoms with E-state index < -0.39 is 61.1 Å². The summed E-state index contributed by atoms with van der Waals surface area (Å²) in [4.78, 5) is 12.5. The van der Waals surface area contributed by atoms with E-state index in [-0.39, 0.29) is 17.1 Å². The van der Waals surface area contributed by atoms with E-state index in [0.717, 1.165) is 12.1 Å². The van der Waals surface area contributed by atoms with Crippen molar-refractivity contribution in [2.75, 3.05) is 6.61 Å². The smallest absolute Gasteiger partial charge is 0.212 e. The predicted octanol–water partition coefficient (Wildman–Crippen LogP) is -1.55. The number of phenolic OH excluding ortho intramolecular Hbond substituents is 2. The minimum atomic E-state index is -1.65. The monoisotopic (exact) mass is 372 g/mol. The first-order chi connectivity index (χ1) is 12.2. The Hall–Kier alpha value is -1.95. The molecule has 144 valence electrons. The fraction of sp³-hybridized carbons (Fsp3) is 0.562. The molecule has 10 heteroatoms. The van der Waals surface area contributed by atoms with Crippen LogP contribution in [0, 0.1) is 5.92 Å². The molecule has 7 atom stereocenters. The molecule has 1 aromatic rings. The predicted molar refractivity (Wildman–Crippen MR) is 82.5 cm³/mol. The van der Waals surface area contributed by atoms with Gasteiger partial charge in [0.1, 0.15) is 47.2 Å². The summed E-state index contributed by atoms with van der Waals surface area (Å²) < 4.78 is 16.2. The SMILES string of the molecule is CC1C(=O)c2c(O)cc(O)cc2OC1O[C@@H]1O[C@H](CO)[C@@H](O)[C@H](O)[C@H]1O. The van der Waals surface area contributed by atoms with Crippen LogP contribution in [-0.4, -0.2) is 80.0 Å². The van der Waals surface area contributed by atoms with Crippen LogP contribution in [0.25, 0.3) is 0 Å². The minimum absolute atomic E-state index is 0.107. The lowest BCUT2D eigenvalue weighted by Gasteiger charge is -2.42. The summed E-state index contributed by atoms with van der Waals surface area (Å²) in [6.45, 7) is 0.835. The van der Waals surface area contributed by atoms with Gasteiger partial charge in [0, 0.05) is 12.1 Å². The maximum atomic E-state index is 12.5. The molecule has 0 saturated carbocycles. The van der Waals surface area contributed by atoms with Crippen molar-refractivity contribution in [2.45, 2.75) is 43.9 Å². The van der Waals surface area contributed by atoms with Gasteiger partial charge in [-0.15, -0.1) is 0 Å². The molecule has 3 rings (SSSR count). The van der Waals surface area contributed by atoms with Gasteiger partial charge in [0.25, 0.3) is 0 Å². The van der Waals surface area contributed by atoms with E-state index in [1.165, 1.54) is 6.92 Å². The summed E-state index contributed by atoms with van der Waals surface area (Å²) in [6.07, 6.45) is -8.77. The average Bonchev–Trinajstić information content (AvgIpc) is 2.59. The first-order valence-electron chi connectivity index (χ1n) is 7.97. The molecule has 1 aromatic carbocycles. The van der Waals surface area contributed by atoms with Gasteiger partial charge < -0.3 is 44.8 Å². The number of ether oxygens (including phenoxy) is 3. The van der Waals surface area contributed by atoms with Crippen molar-refractivity contribution in [1.29, 1.82) is 0 Å². The molecule has 0 spiro atoms. The van der Waals surface area contributed by atoms with Crippen LogP contribution in [0.5, 0.6) is 17.2 Å². The van der Waals surface area contributed by atoms with Crippen LogP contribution < -0.4 is 4.74 Å². The van der Waals surface area contributed by atoms with Crippen molar-refractivity contribution in [3.63, 3.8) is 0 Å². The number of fused-ring (bicyclic) bond motifs is 1. The largest absolute Gasteiger partial charge is 0.508 e. The Balaban J connectivity index is 1.83. The van der Waals surface area contributed by atoms with Gasteiger partial charge in [-0.1, -0.05) is 0 Å². The molecule has 2 aliphatic rings. The average molecular weight is 372 g/mol. The number of aliphatic hydroxyl groups excluding tert-OH is 4. The molecule has 0 bridgehead atoms. The Bertz CT molecular complexity index is 690. The molecule has 1 saturated heterocycles. The number of benzene rings is 1. The highest BCUT2D eigenvalue weighted by atomic mass is 16.8. The fourth-order valence-electron chi connectivity index (χ4n) is 2.96. The van der Waals surface area contributed by atoms with Crippen molar-refractivity contribution >= 4 is 5.78 Å². The van der Waals surface area contributed by atoms with Crippen LogP contribution in [0.4, 0.5) is 0 Å². The minimum Gasteiger partial charge on any atom is -0.508 e. The van der Waals surface area contributed by atoms with Crippen LogP contribution in [0.3, 0.4) is 0 Å². The van der Waals surface area contributed by atoms with Crippen LogP contribution >= 0.6 is 0 Å². The number of phenols is 2. The van der Waals surface area contributed by atoms with Gasteiger partial charge in [-0.2, -0.15) is 0 Å². The van der Waals surface area contributed by atoms with E-state index in [2.05, 4.69) is 0 Å². The molecule has 0 aromatic heterocycles. The van der Waals surface area contributed by atoms with Gasteiger partial charge in [0.2, 0.25) is 6.29 Å². The van der Waals surface area contributed by atoms with Crippen molar-refractivity contribution in [3.8, 4) is 17.2 Å². The van der Waals surface area contributed by atoms with Gasteiger partial charge >= 0.3 is 0 Å². The highest BCUT2D eigenvalue weighted by Crippen LogP contribution is 2.40. The molecule has 0 radical (unpaired) electrons. The first kappa shape index (κ1) is 18.8. The number of hydrogen-bond acceptors (Lipinski definition) is 10. The highest BCUT2D eigenvalue weighted by molar-refractivity contribution is 6.03. The van der Waals surface area contributed by atoms with Crippen LogP contribution in [0.2, 0.25) is 0 Å². The van der Waals surface area contributed by atoms with Gasteiger partial charge in [-0.05, 0) is 6.92 Å². The second-order valence-corrected chi connectivity index (χ2v) is 6.31. The zero-order chi connectivity index (χ0) is 19.2. The van der Waals surface area contributed by atoms with E-state index in [1.54, 1.807) is 0 Å². The Labute approximate surface area is 147 Å². The number of aromatic hydroxyl groups is 2. The van der Waals surface area contributed by atoms with Crippen molar-refractivity contribution in [2.24, 2.45) is 5.92 Å². The third-order valence-electron chi connectivity index (χ3n) is 4.49. The van der Waals surface area contributed by atoms with E-state index in [1.807, 2.05) is 0 Å². The maximum Gasteiger partial charge on any atom is 0.212 e. The third-order valence-corrected chi connectivity index (χ3v) is 4.49. The van der Waals surface area contributed by atoms with E-state index >= 15 is 0 Å². The van der Waals surface area contributed by atoms with Crippen molar-refractivity contribution in [3.05, 3.63) is 17.7 Å². The van der Waals surface area contributed by atoms with Crippen LogP contribution in [0.1, 0.15) is 17.3 Å². The molecule has 2 unspecified atom stereocenters. The standard InChI is InChI=1S/C16H20O10/c1-5-11(20)10-7(19)2-6(18)3-8(10)24-15(5)26-16-14(23)13(22)12(21)9(4-17)25-16/h2-3,5,9,12-19,21-23H,4H2,1H3/t5?,9-,12-,13+,14-,15?,16+/m1/s1. The summed E-state index contributed by atoms with van der Waals surface area (Å²) in [5, 5.41) is 58.2. The van der Waals surface area contributed by atoms with Crippen LogP contribution in [-0.2, 0) is 9.47 Å². The zero-order valence-electron chi connectivity index (χ0n) is 13.7. The van der Waals surface area contributed by atoms with E-state index in [4.69, 9.17) is 14.2 Å². The molecular weight excluding hydrogens is 352 g/mol. The number of carbonyl (C=O) groups is 1.